The van der Waals surface area contributed by atoms with Crippen molar-refractivity contribution in [2.45, 2.75) is 0 Å². The van der Waals surface area contributed by atoms with Gasteiger partial charge in [0.1, 0.15) is 0 Å². The molecule has 0 aliphatic rings. The molecular formula is C24H11NO5. The van der Waals surface area contributed by atoms with Crippen molar-refractivity contribution >= 4 is 43.1 Å². The minimum absolute atomic E-state index is 0.00623. The topological polar surface area (TPSA) is 86.3 Å². The van der Waals surface area contributed by atoms with E-state index in [-0.39, 0.29) is 21.5 Å². The number of rotatable bonds is 1. The Labute approximate surface area is 166 Å². The highest BCUT2D eigenvalue weighted by Crippen LogP contribution is 2.25. The molecule has 2 heterocycles. The van der Waals surface area contributed by atoms with Crippen LogP contribution in [0.5, 0.6) is 0 Å². The van der Waals surface area contributed by atoms with Crippen LogP contribution in [0.3, 0.4) is 0 Å². The molecule has 0 bridgehead atoms. The van der Waals surface area contributed by atoms with Crippen LogP contribution in [-0.4, -0.2) is 4.57 Å². The van der Waals surface area contributed by atoms with Gasteiger partial charge in [-0.05, 0) is 57.9 Å². The maximum atomic E-state index is 13.0. The second kappa shape index (κ2) is 5.61. The highest BCUT2D eigenvalue weighted by Gasteiger charge is 2.19. The van der Waals surface area contributed by atoms with Crippen LogP contribution in [0.25, 0.3) is 48.8 Å². The summed E-state index contributed by atoms with van der Waals surface area (Å²) in [5.41, 5.74) is -2.27. The van der Waals surface area contributed by atoms with Crippen LogP contribution in [-0.2, 0) is 0 Å². The molecule has 0 N–H and O–H groups in total. The van der Waals surface area contributed by atoms with Crippen molar-refractivity contribution in [3.8, 4) is 5.69 Å². The Kier molecular flexibility index (Phi) is 3.11. The number of benzene rings is 4. The largest absolute Gasteiger partial charge is 0.386 e. The van der Waals surface area contributed by atoms with Gasteiger partial charge in [-0.1, -0.05) is 30.3 Å². The number of aromatic nitrogens is 1. The molecule has 0 fully saturated rings. The van der Waals surface area contributed by atoms with Crippen LogP contribution in [0.2, 0.25) is 0 Å². The Morgan fingerprint density at radius 2 is 1.07 bits per heavy atom. The zero-order valence-electron chi connectivity index (χ0n) is 15.3. The first-order valence-electron chi connectivity index (χ1n) is 9.27. The summed E-state index contributed by atoms with van der Waals surface area (Å²) >= 11 is 0. The summed E-state index contributed by atoms with van der Waals surface area (Å²) < 4.78 is 5.64. The minimum Gasteiger partial charge on any atom is -0.386 e. The monoisotopic (exact) mass is 393 g/mol. The molecule has 0 spiro atoms. The molecule has 0 amide bonds. The fourth-order valence-corrected chi connectivity index (χ4v) is 4.12. The van der Waals surface area contributed by atoms with Crippen molar-refractivity contribution in [3.63, 3.8) is 0 Å². The smallest absolute Gasteiger partial charge is 0.346 e. The van der Waals surface area contributed by atoms with E-state index in [9.17, 15) is 19.2 Å². The molecular weight excluding hydrogens is 382 g/mol. The molecule has 6 aromatic rings. The standard InChI is InChI=1S/C24H11NO5/c26-21-17-10-19-20(24(29)30-23(19)28)11-18(17)22(27)25(21)16-6-5-14-7-12-3-1-2-4-13(12)8-15(14)9-16/h1-11H. The maximum Gasteiger partial charge on any atom is 0.346 e. The average Bonchev–Trinajstić information content (AvgIpc) is 3.17. The van der Waals surface area contributed by atoms with Gasteiger partial charge >= 0.3 is 11.3 Å². The Balaban J connectivity index is 1.67. The molecule has 0 atom stereocenters. The molecule has 0 aliphatic carbocycles. The minimum atomic E-state index is -0.811. The van der Waals surface area contributed by atoms with Crippen molar-refractivity contribution in [2.24, 2.45) is 0 Å². The van der Waals surface area contributed by atoms with Crippen LogP contribution >= 0.6 is 0 Å². The summed E-state index contributed by atoms with van der Waals surface area (Å²) in [7, 11) is 0. The van der Waals surface area contributed by atoms with Gasteiger partial charge in [0.05, 0.1) is 27.2 Å². The third-order valence-electron chi connectivity index (χ3n) is 5.60. The molecule has 6 nitrogen and oxygen atoms in total. The summed E-state index contributed by atoms with van der Waals surface area (Å²) in [6, 6.07) is 19.9. The average molecular weight is 393 g/mol. The van der Waals surface area contributed by atoms with Crippen LogP contribution in [0.15, 0.2) is 90.3 Å². The number of fused-ring (bicyclic) bond motifs is 4. The molecule has 0 radical (unpaired) electrons. The third-order valence-corrected chi connectivity index (χ3v) is 5.60. The molecule has 6 rings (SSSR count). The van der Waals surface area contributed by atoms with E-state index in [0.29, 0.717) is 5.69 Å². The molecule has 0 saturated carbocycles. The number of hydrogen-bond acceptors (Lipinski definition) is 5. The summed E-state index contributed by atoms with van der Waals surface area (Å²) in [6.07, 6.45) is 0. The van der Waals surface area contributed by atoms with E-state index in [4.69, 9.17) is 0 Å². The van der Waals surface area contributed by atoms with Gasteiger partial charge in [0, 0.05) is 0 Å². The highest BCUT2D eigenvalue weighted by atomic mass is 16.4. The Morgan fingerprint density at radius 1 is 0.533 bits per heavy atom. The lowest BCUT2D eigenvalue weighted by Crippen LogP contribution is -2.23. The molecule has 30 heavy (non-hydrogen) atoms. The fraction of sp³-hybridized carbons (Fsp3) is 0. The first-order valence-corrected chi connectivity index (χ1v) is 9.27. The molecule has 0 aliphatic heterocycles. The predicted octanol–water partition coefficient (Wildman–Crippen LogP) is 3.00. The van der Waals surface area contributed by atoms with E-state index in [1.807, 2.05) is 36.4 Å². The molecule has 6 heteroatoms. The number of furan rings is 1. The normalized spacial score (nSPS) is 11.9. The Hall–Kier alpha value is -4.32. The maximum absolute atomic E-state index is 13.0. The van der Waals surface area contributed by atoms with Gasteiger partial charge in [-0.15, -0.1) is 0 Å². The van der Waals surface area contributed by atoms with E-state index in [1.165, 1.54) is 12.1 Å². The second-order valence-corrected chi connectivity index (χ2v) is 7.30. The van der Waals surface area contributed by atoms with Gasteiger partial charge in [-0.25, -0.2) is 14.2 Å². The van der Waals surface area contributed by atoms with Crippen molar-refractivity contribution < 1.29 is 4.42 Å². The first-order chi connectivity index (χ1) is 14.5. The van der Waals surface area contributed by atoms with Gasteiger partial charge < -0.3 is 4.42 Å². The van der Waals surface area contributed by atoms with Crippen LogP contribution in [0.1, 0.15) is 0 Å². The third kappa shape index (κ3) is 2.13. The van der Waals surface area contributed by atoms with Crippen molar-refractivity contribution in [2.75, 3.05) is 0 Å². The highest BCUT2D eigenvalue weighted by molar-refractivity contribution is 6.00. The van der Waals surface area contributed by atoms with E-state index < -0.39 is 22.4 Å². The van der Waals surface area contributed by atoms with Crippen LogP contribution < -0.4 is 22.4 Å². The number of hydrogen-bond donors (Lipinski definition) is 0. The second-order valence-electron chi connectivity index (χ2n) is 7.30. The zero-order chi connectivity index (χ0) is 20.6. The molecule has 4 aromatic carbocycles. The Bertz CT molecular complexity index is 1810. The lowest BCUT2D eigenvalue weighted by molar-refractivity contribution is 0.500. The summed E-state index contributed by atoms with van der Waals surface area (Å²) in [5, 5.41) is 4.22. The van der Waals surface area contributed by atoms with Crippen molar-refractivity contribution in [3.05, 3.63) is 108 Å². The van der Waals surface area contributed by atoms with Crippen LogP contribution in [0, 0.1) is 0 Å². The lowest BCUT2D eigenvalue weighted by atomic mass is 10.0. The number of nitrogens with zero attached hydrogens (tertiary/aromatic N) is 1. The van der Waals surface area contributed by atoms with Crippen LogP contribution in [0.4, 0.5) is 0 Å². The van der Waals surface area contributed by atoms with Crippen molar-refractivity contribution in [1.82, 2.24) is 4.57 Å². The Morgan fingerprint density at radius 3 is 1.67 bits per heavy atom. The van der Waals surface area contributed by atoms with E-state index in [1.54, 1.807) is 12.1 Å². The molecule has 142 valence electrons. The van der Waals surface area contributed by atoms with Gasteiger partial charge in [0.2, 0.25) is 0 Å². The van der Waals surface area contributed by atoms with Gasteiger partial charge in [-0.3, -0.25) is 9.59 Å². The summed E-state index contributed by atoms with van der Waals surface area (Å²) in [4.78, 5) is 49.7. The SMILES string of the molecule is O=c1oc(=O)c2cc3c(=O)n(-c4ccc5cc6ccccc6cc5c4)c(=O)c3cc12. The fourth-order valence-electron chi connectivity index (χ4n) is 4.12. The van der Waals surface area contributed by atoms with Gasteiger partial charge in [0.25, 0.3) is 11.1 Å². The lowest BCUT2D eigenvalue weighted by Gasteiger charge is -2.06. The predicted molar refractivity (Wildman–Crippen MR) is 116 cm³/mol. The molecule has 0 unspecified atom stereocenters. The zero-order valence-corrected chi connectivity index (χ0v) is 15.3. The van der Waals surface area contributed by atoms with Gasteiger partial charge in [-0.2, -0.15) is 0 Å². The van der Waals surface area contributed by atoms with E-state index in [0.717, 1.165) is 26.1 Å². The molecule has 0 saturated heterocycles. The van der Waals surface area contributed by atoms with Crippen molar-refractivity contribution in [1.29, 1.82) is 0 Å². The first kappa shape index (κ1) is 16.6. The summed E-state index contributed by atoms with van der Waals surface area (Å²) in [5.74, 6) is 0. The van der Waals surface area contributed by atoms with E-state index >= 15 is 0 Å². The van der Waals surface area contributed by atoms with E-state index in [2.05, 4.69) is 10.5 Å². The van der Waals surface area contributed by atoms with Gasteiger partial charge in [0.15, 0.2) is 0 Å². The summed E-state index contributed by atoms with van der Waals surface area (Å²) in [6.45, 7) is 0. The quantitative estimate of drug-likeness (QED) is 0.401. The molecule has 2 aromatic heterocycles.